The highest BCUT2D eigenvalue weighted by atomic mass is 35.5. The second kappa shape index (κ2) is 6.58. The van der Waals surface area contributed by atoms with Crippen LogP contribution in [-0.2, 0) is 13.0 Å². The van der Waals surface area contributed by atoms with Crippen LogP contribution in [0, 0.1) is 5.82 Å². The topological polar surface area (TPSA) is 147 Å². The van der Waals surface area contributed by atoms with E-state index in [1.807, 2.05) is 0 Å². The molecule has 0 aliphatic rings. The van der Waals surface area contributed by atoms with Crippen LogP contribution in [0.1, 0.15) is 11.4 Å². The SMILES string of the molecule is NC(=Nc1ccc(F)c(Cl)c1)c1nonc1CCn1nnc(N)n1. The van der Waals surface area contributed by atoms with Crippen LogP contribution in [0.4, 0.5) is 16.0 Å². The minimum atomic E-state index is -0.544. The van der Waals surface area contributed by atoms with E-state index < -0.39 is 5.82 Å². The lowest BCUT2D eigenvalue weighted by atomic mass is 10.2. The van der Waals surface area contributed by atoms with Gasteiger partial charge < -0.3 is 11.5 Å². The summed E-state index contributed by atoms with van der Waals surface area (Å²) in [6.07, 6.45) is 0.370. The van der Waals surface area contributed by atoms with E-state index in [1.54, 1.807) is 0 Å². The van der Waals surface area contributed by atoms with Crippen molar-refractivity contribution in [2.45, 2.75) is 13.0 Å². The Hall–Kier alpha value is -3.08. The Morgan fingerprint density at radius 1 is 1.38 bits per heavy atom. The van der Waals surface area contributed by atoms with Gasteiger partial charge in [0.1, 0.15) is 11.5 Å². The van der Waals surface area contributed by atoms with Gasteiger partial charge in [-0.3, -0.25) is 0 Å². The number of nitrogens with zero attached hydrogens (tertiary/aromatic N) is 7. The molecule has 3 rings (SSSR count). The summed E-state index contributed by atoms with van der Waals surface area (Å²) in [5.41, 5.74) is 12.4. The van der Waals surface area contributed by atoms with Crippen LogP contribution in [0.15, 0.2) is 27.8 Å². The highest BCUT2D eigenvalue weighted by Gasteiger charge is 2.15. The fourth-order valence-corrected chi connectivity index (χ4v) is 2.04. The molecule has 0 radical (unpaired) electrons. The number of benzene rings is 1. The van der Waals surface area contributed by atoms with E-state index in [9.17, 15) is 4.39 Å². The Bertz CT molecular complexity index is 890. The van der Waals surface area contributed by atoms with Crippen molar-refractivity contribution in [1.29, 1.82) is 0 Å². The minimum absolute atomic E-state index is 0.0555. The zero-order valence-corrected chi connectivity index (χ0v) is 12.9. The summed E-state index contributed by atoms with van der Waals surface area (Å²) in [4.78, 5) is 5.44. The van der Waals surface area contributed by atoms with Gasteiger partial charge in [-0.15, -0.1) is 5.10 Å². The lowest BCUT2D eigenvalue weighted by molar-refractivity contribution is 0.301. The number of nitrogens with two attached hydrogens (primary N) is 2. The van der Waals surface area contributed by atoms with E-state index in [0.717, 1.165) is 0 Å². The number of aryl methyl sites for hydroxylation is 2. The van der Waals surface area contributed by atoms with E-state index in [4.69, 9.17) is 27.7 Å². The van der Waals surface area contributed by atoms with Crippen LogP contribution in [0.5, 0.6) is 0 Å². The van der Waals surface area contributed by atoms with Crippen LogP contribution in [0.2, 0.25) is 5.02 Å². The average molecular weight is 352 g/mol. The summed E-state index contributed by atoms with van der Waals surface area (Å²) in [6, 6.07) is 3.97. The Morgan fingerprint density at radius 3 is 2.92 bits per heavy atom. The van der Waals surface area contributed by atoms with Crippen molar-refractivity contribution in [2.75, 3.05) is 5.73 Å². The van der Waals surface area contributed by atoms with E-state index in [-0.39, 0.29) is 22.5 Å². The molecule has 4 N–H and O–H groups in total. The third-order valence-electron chi connectivity index (χ3n) is 2.97. The quantitative estimate of drug-likeness (QED) is 0.504. The maximum absolute atomic E-state index is 13.2. The van der Waals surface area contributed by atoms with Crippen LogP contribution in [0.25, 0.3) is 0 Å². The van der Waals surface area contributed by atoms with Gasteiger partial charge in [-0.1, -0.05) is 21.9 Å². The van der Waals surface area contributed by atoms with Crippen molar-refractivity contribution in [3.05, 3.63) is 40.4 Å². The van der Waals surface area contributed by atoms with Gasteiger partial charge in [0.2, 0.25) is 0 Å². The molecule has 0 fully saturated rings. The second-order valence-corrected chi connectivity index (χ2v) is 5.06. The first kappa shape index (κ1) is 15.8. The van der Waals surface area contributed by atoms with E-state index in [2.05, 4.69) is 30.7 Å². The molecule has 0 aliphatic heterocycles. The number of halogens is 2. The first-order chi connectivity index (χ1) is 11.5. The molecule has 1 aromatic carbocycles. The molecule has 2 aromatic heterocycles. The van der Waals surface area contributed by atoms with Crippen molar-refractivity contribution in [3.8, 4) is 0 Å². The lowest BCUT2D eigenvalue weighted by Gasteiger charge is -2.01. The molecule has 0 unspecified atom stereocenters. The van der Waals surface area contributed by atoms with Crippen molar-refractivity contribution < 1.29 is 9.02 Å². The Morgan fingerprint density at radius 2 is 2.21 bits per heavy atom. The number of aromatic nitrogens is 6. The number of tetrazole rings is 1. The Kier molecular flexibility index (Phi) is 4.33. The standard InChI is InChI=1S/C12H11ClFN9O/c13-7-5-6(1-2-8(7)14)17-11(15)10-9(20-24-21-10)3-4-23-19-12(16)18-22-23/h1-2,5H,3-4H2,(H2,15,17)(H2,16,19). The number of anilines is 1. The first-order valence-electron chi connectivity index (χ1n) is 6.67. The molecule has 0 saturated heterocycles. The molecule has 0 saturated carbocycles. The number of aliphatic imine (C=N–C) groups is 1. The van der Waals surface area contributed by atoms with Gasteiger partial charge in [-0.05, 0) is 28.6 Å². The minimum Gasteiger partial charge on any atom is -0.382 e. The van der Waals surface area contributed by atoms with E-state index >= 15 is 0 Å². The molecule has 0 bridgehead atoms. The zero-order chi connectivity index (χ0) is 17.1. The molecule has 0 atom stereocenters. The fourth-order valence-electron chi connectivity index (χ4n) is 1.87. The normalized spacial score (nSPS) is 11.8. The predicted molar refractivity (Wildman–Crippen MR) is 82.0 cm³/mol. The van der Waals surface area contributed by atoms with Crippen LogP contribution in [0.3, 0.4) is 0 Å². The molecule has 0 spiro atoms. The highest BCUT2D eigenvalue weighted by molar-refractivity contribution is 6.31. The lowest BCUT2D eigenvalue weighted by Crippen LogP contribution is -2.17. The maximum Gasteiger partial charge on any atom is 0.260 e. The van der Waals surface area contributed by atoms with Crippen molar-refractivity contribution in [3.63, 3.8) is 0 Å². The smallest absolute Gasteiger partial charge is 0.260 e. The van der Waals surface area contributed by atoms with Crippen LogP contribution in [-0.4, -0.2) is 36.4 Å². The van der Waals surface area contributed by atoms with Gasteiger partial charge in [0.05, 0.1) is 17.3 Å². The van der Waals surface area contributed by atoms with E-state index in [1.165, 1.54) is 23.0 Å². The summed E-state index contributed by atoms with van der Waals surface area (Å²) in [5.74, 6) is -0.416. The third kappa shape index (κ3) is 3.46. The second-order valence-electron chi connectivity index (χ2n) is 4.65. The highest BCUT2D eigenvalue weighted by Crippen LogP contribution is 2.22. The van der Waals surface area contributed by atoms with Crippen LogP contribution >= 0.6 is 11.6 Å². The largest absolute Gasteiger partial charge is 0.382 e. The van der Waals surface area contributed by atoms with Crippen molar-refractivity contribution in [2.24, 2.45) is 10.7 Å². The van der Waals surface area contributed by atoms with Crippen LogP contribution < -0.4 is 11.5 Å². The fraction of sp³-hybridized carbons (Fsp3) is 0.167. The average Bonchev–Trinajstić information content (AvgIpc) is 3.17. The molecule has 12 heteroatoms. The Labute approximate surface area is 139 Å². The van der Waals surface area contributed by atoms with Crippen molar-refractivity contribution >= 4 is 29.1 Å². The number of hydrogen-bond donors (Lipinski definition) is 2. The van der Waals surface area contributed by atoms with Crippen molar-refractivity contribution in [1.82, 2.24) is 30.5 Å². The number of nitrogen functional groups attached to an aromatic ring is 1. The van der Waals surface area contributed by atoms with Gasteiger partial charge in [-0.25, -0.2) is 14.0 Å². The Balaban J connectivity index is 1.78. The summed E-state index contributed by atoms with van der Waals surface area (Å²) in [5, 5.41) is 18.6. The molecular weight excluding hydrogens is 341 g/mol. The molecule has 0 amide bonds. The number of amidine groups is 1. The summed E-state index contributed by atoms with van der Waals surface area (Å²) < 4.78 is 17.9. The molecule has 124 valence electrons. The zero-order valence-electron chi connectivity index (χ0n) is 12.1. The monoisotopic (exact) mass is 351 g/mol. The molecule has 3 aromatic rings. The molecule has 0 aliphatic carbocycles. The first-order valence-corrected chi connectivity index (χ1v) is 7.05. The van der Waals surface area contributed by atoms with Gasteiger partial charge in [0.15, 0.2) is 11.5 Å². The van der Waals surface area contributed by atoms with E-state index in [0.29, 0.717) is 24.3 Å². The number of hydrogen-bond acceptors (Lipinski definition) is 8. The van der Waals surface area contributed by atoms with Gasteiger partial charge in [-0.2, -0.15) is 4.80 Å². The number of rotatable bonds is 5. The molecule has 24 heavy (non-hydrogen) atoms. The summed E-state index contributed by atoms with van der Waals surface area (Å²) in [6.45, 7) is 0.348. The molecule has 10 nitrogen and oxygen atoms in total. The summed E-state index contributed by atoms with van der Waals surface area (Å²) >= 11 is 5.71. The molecule has 2 heterocycles. The predicted octanol–water partition coefficient (Wildman–Crippen LogP) is 0.711. The maximum atomic E-state index is 13.2. The van der Waals surface area contributed by atoms with Gasteiger partial charge in [0.25, 0.3) is 5.95 Å². The molecular formula is C12H11ClFN9O. The third-order valence-corrected chi connectivity index (χ3v) is 3.26. The summed E-state index contributed by atoms with van der Waals surface area (Å²) in [7, 11) is 0. The van der Waals surface area contributed by atoms with Gasteiger partial charge in [0, 0.05) is 6.42 Å². The van der Waals surface area contributed by atoms with Gasteiger partial charge >= 0.3 is 0 Å².